The lowest BCUT2D eigenvalue weighted by Crippen LogP contribution is -2.13. The molecule has 0 atom stereocenters. The van der Waals surface area contributed by atoms with Gasteiger partial charge in [0.05, 0.1) is 5.56 Å². The van der Waals surface area contributed by atoms with Crippen molar-refractivity contribution >= 4 is 23.2 Å². The first-order valence-electron chi connectivity index (χ1n) is 6.04. The maximum Gasteiger partial charge on any atom is 0.252 e. The summed E-state index contributed by atoms with van der Waals surface area (Å²) in [4.78, 5) is 11.3. The number of anilines is 1. The van der Waals surface area contributed by atoms with Crippen molar-refractivity contribution in [2.75, 3.05) is 5.73 Å². The summed E-state index contributed by atoms with van der Waals surface area (Å²) in [6.07, 6.45) is 0. The van der Waals surface area contributed by atoms with Crippen molar-refractivity contribution in [1.29, 1.82) is 0 Å². The number of halogens is 1. The van der Waals surface area contributed by atoms with Gasteiger partial charge in [0.1, 0.15) is 12.4 Å². The number of ether oxygens (including phenoxy) is 1. The molecule has 0 aliphatic heterocycles. The third-order valence-electron chi connectivity index (χ3n) is 2.86. The molecule has 0 spiro atoms. The second-order valence-corrected chi connectivity index (χ2v) is 4.91. The van der Waals surface area contributed by atoms with Crippen LogP contribution < -0.4 is 16.2 Å². The average Bonchev–Trinajstić information content (AvgIpc) is 2.37. The lowest BCUT2D eigenvalue weighted by Gasteiger charge is -2.11. The number of hydrogen-bond acceptors (Lipinski definition) is 3. The van der Waals surface area contributed by atoms with Gasteiger partial charge in [-0.2, -0.15) is 0 Å². The van der Waals surface area contributed by atoms with Crippen molar-refractivity contribution in [3.63, 3.8) is 0 Å². The van der Waals surface area contributed by atoms with Crippen LogP contribution in [0.5, 0.6) is 5.75 Å². The summed E-state index contributed by atoms with van der Waals surface area (Å²) in [5.74, 6) is -0.204. The molecule has 0 radical (unpaired) electrons. The Bertz CT molecular complexity index is 656. The summed E-state index contributed by atoms with van der Waals surface area (Å²) < 4.78 is 5.62. The van der Waals surface area contributed by atoms with Crippen LogP contribution >= 0.6 is 11.6 Å². The minimum Gasteiger partial charge on any atom is -0.488 e. The zero-order valence-corrected chi connectivity index (χ0v) is 11.8. The van der Waals surface area contributed by atoms with Gasteiger partial charge in [0.25, 0.3) is 5.91 Å². The van der Waals surface area contributed by atoms with Gasteiger partial charge in [-0.1, -0.05) is 23.7 Å². The van der Waals surface area contributed by atoms with Crippen molar-refractivity contribution in [3.8, 4) is 5.75 Å². The average molecular weight is 291 g/mol. The smallest absolute Gasteiger partial charge is 0.252 e. The second-order valence-electron chi connectivity index (χ2n) is 4.50. The van der Waals surface area contributed by atoms with E-state index in [0.717, 1.165) is 11.1 Å². The van der Waals surface area contributed by atoms with Gasteiger partial charge >= 0.3 is 0 Å². The van der Waals surface area contributed by atoms with Gasteiger partial charge in [-0.3, -0.25) is 4.79 Å². The molecule has 1 amide bonds. The molecule has 0 saturated heterocycles. The van der Waals surface area contributed by atoms with E-state index in [2.05, 4.69) is 0 Å². The van der Waals surface area contributed by atoms with E-state index >= 15 is 0 Å². The third-order valence-corrected chi connectivity index (χ3v) is 3.21. The summed E-state index contributed by atoms with van der Waals surface area (Å²) >= 11 is 6.13. The van der Waals surface area contributed by atoms with Gasteiger partial charge < -0.3 is 16.2 Å². The second kappa shape index (κ2) is 5.84. The molecule has 0 fully saturated rings. The molecule has 20 heavy (non-hydrogen) atoms. The largest absolute Gasteiger partial charge is 0.488 e. The minimum absolute atomic E-state index is 0.239. The number of carbonyl (C=O) groups is 1. The molecule has 0 unspecified atom stereocenters. The molecule has 5 heteroatoms. The molecular formula is C15H15ClN2O2. The van der Waals surface area contributed by atoms with Crippen LogP contribution in [0, 0.1) is 6.92 Å². The van der Waals surface area contributed by atoms with Gasteiger partial charge in [0.15, 0.2) is 0 Å². The lowest BCUT2D eigenvalue weighted by molar-refractivity contribution is 0.0996. The van der Waals surface area contributed by atoms with E-state index in [9.17, 15) is 4.79 Å². The van der Waals surface area contributed by atoms with Gasteiger partial charge in [0, 0.05) is 22.3 Å². The van der Waals surface area contributed by atoms with Gasteiger partial charge in [-0.05, 0) is 30.7 Å². The molecule has 0 bridgehead atoms. The zero-order valence-electron chi connectivity index (χ0n) is 11.0. The van der Waals surface area contributed by atoms with Crippen LogP contribution in [-0.2, 0) is 6.61 Å². The number of nitrogens with two attached hydrogens (primary N) is 2. The number of carbonyl (C=O) groups excluding carboxylic acids is 1. The van der Waals surface area contributed by atoms with Gasteiger partial charge in [0.2, 0.25) is 0 Å². The van der Waals surface area contributed by atoms with Crippen molar-refractivity contribution in [2.45, 2.75) is 13.5 Å². The predicted octanol–water partition coefficient (Wildman–Crippen LogP) is 2.91. The van der Waals surface area contributed by atoms with Crippen LogP contribution in [0.3, 0.4) is 0 Å². The Balaban J connectivity index is 2.22. The van der Waals surface area contributed by atoms with E-state index in [1.165, 1.54) is 0 Å². The molecule has 2 aromatic rings. The van der Waals surface area contributed by atoms with Crippen LogP contribution in [0.2, 0.25) is 5.02 Å². The van der Waals surface area contributed by atoms with Crippen molar-refractivity contribution in [2.24, 2.45) is 5.73 Å². The fourth-order valence-electron chi connectivity index (χ4n) is 1.79. The number of aryl methyl sites for hydroxylation is 1. The lowest BCUT2D eigenvalue weighted by atomic mass is 10.1. The van der Waals surface area contributed by atoms with Gasteiger partial charge in [-0.15, -0.1) is 0 Å². The number of rotatable bonds is 4. The van der Waals surface area contributed by atoms with E-state index < -0.39 is 5.91 Å². The predicted molar refractivity (Wildman–Crippen MR) is 79.9 cm³/mol. The molecule has 104 valence electrons. The SMILES string of the molecule is Cc1ccc(COc2cc(N)ccc2C(N)=O)c(Cl)c1. The molecule has 0 aliphatic carbocycles. The number of benzene rings is 2. The number of nitrogen functional groups attached to an aromatic ring is 1. The molecule has 4 nitrogen and oxygen atoms in total. The molecule has 0 saturated carbocycles. The summed E-state index contributed by atoms with van der Waals surface area (Å²) in [6.45, 7) is 2.20. The highest BCUT2D eigenvalue weighted by Crippen LogP contribution is 2.24. The highest BCUT2D eigenvalue weighted by atomic mass is 35.5. The molecule has 0 aliphatic rings. The van der Waals surface area contributed by atoms with E-state index in [4.69, 9.17) is 27.8 Å². The first-order valence-corrected chi connectivity index (χ1v) is 6.42. The number of primary amides is 1. The van der Waals surface area contributed by atoms with E-state index in [1.54, 1.807) is 18.2 Å². The molecule has 2 aromatic carbocycles. The highest BCUT2D eigenvalue weighted by Gasteiger charge is 2.10. The summed E-state index contributed by atoms with van der Waals surface area (Å²) in [7, 11) is 0. The molecular weight excluding hydrogens is 276 g/mol. The molecule has 0 aromatic heterocycles. The first kappa shape index (κ1) is 14.2. The Morgan fingerprint density at radius 2 is 2.00 bits per heavy atom. The van der Waals surface area contributed by atoms with Crippen molar-refractivity contribution < 1.29 is 9.53 Å². The zero-order chi connectivity index (χ0) is 14.7. The summed E-state index contributed by atoms with van der Waals surface area (Å²) in [5.41, 5.74) is 13.7. The van der Waals surface area contributed by atoms with E-state index in [1.807, 2.05) is 25.1 Å². The molecule has 0 heterocycles. The number of hydrogen-bond donors (Lipinski definition) is 2. The normalized spacial score (nSPS) is 10.3. The first-order chi connectivity index (χ1) is 9.47. The van der Waals surface area contributed by atoms with E-state index in [-0.39, 0.29) is 6.61 Å². The Morgan fingerprint density at radius 1 is 1.25 bits per heavy atom. The van der Waals surface area contributed by atoms with Crippen molar-refractivity contribution in [3.05, 3.63) is 58.1 Å². The standard InChI is InChI=1S/C15H15ClN2O2/c1-9-2-3-10(13(16)6-9)8-20-14-7-11(17)4-5-12(14)15(18)19/h2-7H,8,17H2,1H3,(H2,18,19). The maximum absolute atomic E-state index is 11.3. The fourth-order valence-corrected chi connectivity index (χ4v) is 2.08. The Morgan fingerprint density at radius 3 is 2.65 bits per heavy atom. The quantitative estimate of drug-likeness (QED) is 0.850. The van der Waals surface area contributed by atoms with Crippen LogP contribution in [0.15, 0.2) is 36.4 Å². The van der Waals surface area contributed by atoms with Crippen molar-refractivity contribution in [1.82, 2.24) is 0 Å². The third kappa shape index (κ3) is 3.22. The topological polar surface area (TPSA) is 78.3 Å². The van der Waals surface area contributed by atoms with Crippen LogP contribution in [-0.4, -0.2) is 5.91 Å². The Kier molecular flexibility index (Phi) is 4.15. The van der Waals surface area contributed by atoms with Crippen LogP contribution in [0.4, 0.5) is 5.69 Å². The van der Waals surface area contributed by atoms with E-state index in [0.29, 0.717) is 22.0 Å². The maximum atomic E-state index is 11.3. The van der Waals surface area contributed by atoms with Crippen LogP contribution in [0.25, 0.3) is 0 Å². The summed E-state index contributed by atoms with van der Waals surface area (Å²) in [6, 6.07) is 10.4. The summed E-state index contributed by atoms with van der Waals surface area (Å²) in [5, 5.41) is 0.620. The van der Waals surface area contributed by atoms with Crippen LogP contribution in [0.1, 0.15) is 21.5 Å². The minimum atomic E-state index is -0.560. The fraction of sp³-hybridized carbons (Fsp3) is 0.133. The van der Waals surface area contributed by atoms with Gasteiger partial charge in [-0.25, -0.2) is 0 Å². The monoisotopic (exact) mass is 290 g/mol. The highest BCUT2D eigenvalue weighted by molar-refractivity contribution is 6.31. The molecule has 2 rings (SSSR count). The number of amides is 1. The molecule has 4 N–H and O–H groups in total. The Labute approximate surface area is 122 Å². The Hall–Kier alpha value is -2.20.